The molecule has 0 spiro atoms. The lowest BCUT2D eigenvalue weighted by molar-refractivity contribution is 0.0485. The molecule has 1 aliphatic rings. The van der Waals surface area contributed by atoms with Gasteiger partial charge in [0.1, 0.15) is 0 Å². The third-order valence-electron chi connectivity index (χ3n) is 2.90. The molecule has 1 fully saturated rings. The lowest BCUT2D eigenvalue weighted by Crippen LogP contribution is -2.15. The molecule has 0 unspecified atom stereocenters. The average Bonchev–Trinajstić information content (AvgIpc) is 3.08. The van der Waals surface area contributed by atoms with Crippen LogP contribution in [-0.4, -0.2) is 21.0 Å². The van der Waals surface area contributed by atoms with Crippen LogP contribution in [0.5, 0.6) is 0 Å². The van der Waals surface area contributed by atoms with E-state index < -0.39 is 16.0 Å². The molecule has 6 heteroatoms. The Morgan fingerprint density at radius 3 is 2.67 bits per heavy atom. The molecule has 18 heavy (non-hydrogen) atoms. The Morgan fingerprint density at radius 2 is 2.11 bits per heavy atom. The molecule has 2 rings (SSSR count). The summed E-state index contributed by atoms with van der Waals surface area (Å²) in [7, 11) is -3.80. The van der Waals surface area contributed by atoms with Gasteiger partial charge in [0.05, 0.1) is 17.1 Å². The van der Waals surface area contributed by atoms with Crippen LogP contribution in [0.4, 0.5) is 0 Å². The Hall–Kier alpha value is -1.40. The predicted molar refractivity (Wildman–Crippen MR) is 65.6 cm³/mol. The summed E-state index contributed by atoms with van der Waals surface area (Å²) in [4.78, 5) is 11.7. The van der Waals surface area contributed by atoms with Crippen molar-refractivity contribution in [1.82, 2.24) is 0 Å². The Bertz CT molecular complexity index is 576. The number of primary sulfonamides is 1. The first-order valence-electron chi connectivity index (χ1n) is 5.68. The minimum absolute atomic E-state index is 0.0773. The van der Waals surface area contributed by atoms with E-state index in [1.54, 1.807) is 13.0 Å². The first kappa shape index (κ1) is 13.0. The molecule has 98 valence electrons. The first-order chi connectivity index (χ1) is 8.38. The maximum absolute atomic E-state index is 11.8. The molecule has 0 radical (unpaired) electrons. The minimum atomic E-state index is -3.80. The van der Waals surface area contributed by atoms with Gasteiger partial charge in [0, 0.05) is 0 Å². The van der Waals surface area contributed by atoms with Crippen LogP contribution >= 0.6 is 0 Å². The maximum Gasteiger partial charge on any atom is 0.338 e. The second-order valence-electron chi connectivity index (χ2n) is 4.56. The number of carbonyl (C=O) groups is 1. The van der Waals surface area contributed by atoms with E-state index >= 15 is 0 Å². The average molecular weight is 269 g/mol. The number of esters is 1. The summed E-state index contributed by atoms with van der Waals surface area (Å²) in [6.45, 7) is 2.12. The van der Waals surface area contributed by atoms with Gasteiger partial charge < -0.3 is 4.74 Å². The van der Waals surface area contributed by atoms with E-state index in [1.807, 2.05) is 0 Å². The Labute approximate surface area is 106 Å². The van der Waals surface area contributed by atoms with Gasteiger partial charge in [-0.15, -0.1) is 0 Å². The Morgan fingerprint density at radius 1 is 1.44 bits per heavy atom. The van der Waals surface area contributed by atoms with Gasteiger partial charge in [-0.3, -0.25) is 0 Å². The molecule has 1 aromatic carbocycles. The highest BCUT2D eigenvalue weighted by Gasteiger charge is 2.24. The van der Waals surface area contributed by atoms with E-state index in [0.717, 1.165) is 12.8 Å². The van der Waals surface area contributed by atoms with Crippen molar-refractivity contribution in [3.8, 4) is 0 Å². The van der Waals surface area contributed by atoms with Gasteiger partial charge in [0.25, 0.3) is 0 Å². The van der Waals surface area contributed by atoms with Crippen LogP contribution in [0.25, 0.3) is 0 Å². The third-order valence-corrected chi connectivity index (χ3v) is 3.82. The smallest absolute Gasteiger partial charge is 0.338 e. The molecule has 1 aromatic rings. The van der Waals surface area contributed by atoms with Gasteiger partial charge in [-0.25, -0.2) is 18.4 Å². The zero-order valence-corrected chi connectivity index (χ0v) is 10.9. The summed E-state index contributed by atoms with van der Waals surface area (Å²) >= 11 is 0. The van der Waals surface area contributed by atoms with E-state index in [0.29, 0.717) is 18.1 Å². The number of hydrogen-bond donors (Lipinski definition) is 1. The van der Waals surface area contributed by atoms with E-state index in [1.165, 1.54) is 12.1 Å². The first-order valence-corrected chi connectivity index (χ1v) is 7.23. The van der Waals surface area contributed by atoms with Crippen LogP contribution in [0.1, 0.15) is 28.8 Å². The van der Waals surface area contributed by atoms with Crippen LogP contribution in [-0.2, 0) is 14.8 Å². The largest absolute Gasteiger partial charge is 0.462 e. The number of carbonyl (C=O) groups excluding carboxylic acids is 1. The molecule has 0 aliphatic heterocycles. The number of sulfonamides is 1. The van der Waals surface area contributed by atoms with Crippen molar-refractivity contribution in [2.24, 2.45) is 11.1 Å². The SMILES string of the molecule is Cc1ccc(S(N)(=O)=O)cc1C(=O)OCC1CC1. The van der Waals surface area contributed by atoms with Gasteiger partial charge in [0.15, 0.2) is 0 Å². The fourth-order valence-electron chi connectivity index (χ4n) is 1.55. The van der Waals surface area contributed by atoms with Gasteiger partial charge in [-0.1, -0.05) is 6.07 Å². The van der Waals surface area contributed by atoms with Crippen molar-refractivity contribution >= 4 is 16.0 Å². The van der Waals surface area contributed by atoms with Crippen molar-refractivity contribution in [3.05, 3.63) is 29.3 Å². The molecular weight excluding hydrogens is 254 g/mol. The number of benzene rings is 1. The Kier molecular flexibility index (Phi) is 3.41. The Balaban J connectivity index is 2.22. The number of aryl methyl sites for hydroxylation is 1. The number of rotatable bonds is 4. The van der Waals surface area contributed by atoms with E-state index in [4.69, 9.17) is 9.88 Å². The highest BCUT2D eigenvalue weighted by atomic mass is 32.2. The van der Waals surface area contributed by atoms with Crippen molar-refractivity contribution in [3.63, 3.8) is 0 Å². The summed E-state index contributed by atoms with van der Waals surface area (Å²) < 4.78 is 27.6. The van der Waals surface area contributed by atoms with Crippen LogP contribution in [0.2, 0.25) is 0 Å². The van der Waals surface area contributed by atoms with Crippen LogP contribution in [0.15, 0.2) is 23.1 Å². The van der Waals surface area contributed by atoms with Gasteiger partial charge in [-0.2, -0.15) is 0 Å². The molecular formula is C12H15NO4S. The van der Waals surface area contributed by atoms with E-state index in [9.17, 15) is 13.2 Å². The predicted octanol–water partition coefficient (Wildman–Crippen LogP) is 1.21. The van der Waals surface area contributed by atoms with E-state index in [-0.39, 0.29) is 10.5 Å². The fraction of sp³-hybridized carbons (Fsp3) is 0.417. The second-order valence-corrected chi connectivity index (χ2v) is 6.12. The standard InChI is InChI=1S/C12H15NO4S/c1-8-2-5-10(18(13,15)16)6-11(8)12(14)17-7-9-3-4-9/h2,5-6,9H,3-4,7H2,1H3,(H2,13,15,16). The second kappa shape index (κ2) is 4.70. The maximum atomic E-state index is 11.8. The summed E-state index contributed by atoms with van der Waals surface area (Å²) in [5, 5.41) is 5.03. The molecule has 0 heterocycles. The molecule has 0 atom stereocenters. The van der Waals surface area contributed by atoms with Crippen molar-refractivity contribution in [2.75, 3.05) is 6.61 Å². The number of hydrogen-bond acceptors (Lipinski definition) is 4. The van der Waals surface area contributed by atoms with Crippen LogP contribution in [0.3, 0.4) is 0 Å². The fourth-order valence-corrected chi connectivity index (χ4v) is 2.09. The highest BCUT2D eigenvalue weighted by Crippen LogP contribution is 2.29. The lowest BCUT2D eigenvalue weighted by atomic mass is 10.1. The van der Waals surface area contributed by atoms with Crippen molar-refractivity contribution < 1.29 is 17.9 Å². The summed E-state index contributed by atoms with van der Waals surface area (Å²) in [5.74, 6) is -0.0272. The molecule has 1 aliphatic carbocycles. The quantitative estimate of drug-likeness (QED) is 0.832. The summed E-state index contributed by atoms with van der Waals surface area (Å²) in [5.41, 5.74) is 0.922. The van der Waals surface area contributed by atoms with Crippen LogP contribution in [0, 0.1) is 12.8 Å². The zero-order valence-electron chi connectivity index (χ0n) is 10.0. The van der Waals surface area contributed by atoms with Crippen molar-refractivity contribution in [1.29, 1.82) is 0 Å². The molecule has 2 N–H and O–H groups in total. The number of ether oxygens (including phenoxy) is 1. The number of nitrogens with two attached hydrogens (primary N) is 1. The van der Waals surface area contributed by atoms with Gasteiger partial charge >= 0.3 is 5.97 Å². The molecule has 1 saturated carbocycles. The molecule has 0 saturated heterocycles. The monoisotopic (exact) mass is 269 g/mol. The molecule has 0 bridgehead atoms. The topological polar surface area (TPSA) is 86.5 Å². The molecule has 5 nitrogen and oxygen atoms in total. The summed E-state index contributed by atoms with van der Waals surface area (Å²) in [6.07, 6.45) is 2.17. The van der Waals surface area contributed by atoms with Crippen LogP contribution < -0.4 is 5.14 Å². The molecule has 0 aromatic heterocycles. The van der Waals surface area contributed by atoms with Gasteiger partial charge in [-0.05, 0) is 43.4 Å². The minimum Gasteiger partial charge on any atom is -0.462 e. The summed E-state index contributed by atoms with van der Waals surface area (Å²) in [6, 6.07) is 4.19. The van der Waals surface area contributed by atoms with Crippen molar-refractivity contribution in [2.45, 2.75) is 24.7 Å². The van der Waals surface area contributed by atoms with Gasteiger partial charge in [0.2, 0.25) is 10.0 Å². The van der Waals surface area contributed by atoms with E-state index in [2.05, 4.69) is 0 Å². The normalized spacial score (nSPS) is 15.4. The highest BCUT2D eigenvalue weighted by molar-refractivity contribution is 7.89. The third kappa shape index (κ3) is 3.08. The zero-order chi connectivity index (χ0) is 13.3. The molecule has 0 amide bonds. The lowest BCUT2D eigenvalue weighted by Gasteiger charge is -2.08.